The summed E-state index contributed by atoms with van der Waals surface area (Å²) in [5, 5.41) is 0. The van der Waals surface area contributed by atoms with Gasteiger partial charge in [-0.1, -0.05) is 0 Å². The molecule has 0 unspecified atom stereocenters. The van der Waals surface area contributed by atoms with Crippen molar-refractivity contribution in [3.8, 4) is 0 Å². The average molecular weight is 875 g/mol. The smallest absolute Gasteiger partial charge is 7.00 e. The Balaban J connectivity index is -0.0000000250. The predicted octanol–water partition coefficient (Wildman–Crippen LogP) is -12.9. The van der Waals surface area contributed by atoms with Gasteiger partial charge in [0.2, 0.25) is 0 Å². The minimum absolute atomic E-state index is 0. The summed E-state index contributed by atoms with van der Waals surface area (Å²) in [7, 11) is 0. The van der Waals surface area contributed by atoms with Gasteiger partial charge in [-0.3, -0.25) is 0 Å². The largest absolute Gasteiger partial charge is 7.00 e. The van der Waals surface area contributed by atoms with E-state index in [1.165, 1.54) is 0 Å². The molecule has 0 bridgehead atoms. The van der Waals surface area contributed by atoms with Crippen LogP contribution in [0.25, 0.3) is 0 Å². The zero-order valence-corrected chi connectivity index (χ0v) is 23.4. The summed E-state index contributed by atoms with van der Waals surface area (Å²) in [5.74, 6) is 0. The maximum Gasteiger partial charge on any atom is 7.00 e. The van der Waals surface area contributed by atoms with Gasteiger partial charge in [-0.15, -0.1) is 0 Å². The zero-order chi connectivity index (χ0) is 17.9. The first-order valence-electron chi connectivity index (χ1n) is 3.06. The van der Waals surface area contributed by atoms with Gasteiger partial charge in [-0.25, -0.2) is 0 Å². The van der Waals surface area contributed by atoms with Crippen molar-refractivity contribution in [1.82, 2.24) is 0 Å². The van der Waals surface area contributed by atoms with Crippen LogP contribution in [0.5, 0.6) is 0 Å². The third-order valence-electron chi connectivity index (χ3n) is 0. The topological polar surface area (TPSA) is 316 Å². The first kappa shape index (κ1) is 44.8. The molecule has 15 nitrogen and oxygen atoms in total. The molecule has 122 valence electrons. The summed E-state index contributed by atoms with van der Waals surface area (Å²) in [6.07, 6.45) is 0. The van der Waals surface area contributed by atoms with E-state index in [9.17, 15) is 0 Å². The van der Waals surface area contributed by atoms with Crippen LogP contribution >= 0.6 is 0 Å². The van der Waals surface area contributed by atoms with Crippen molar-refractivity contribution in [3.05, 3.63) is 0 Å². The Labute approximate surface area is 189 Å². The van der Waals surface area contributed by atoms with E-state index in [0.717, 1.165) is 0 Å². The second-order valence-corrected chi connectivity index (χ2v) is 5.15. The fourth-order valence-electron chi connectivity index (χ4n) is 0. The van der Waals surface area contributed by atoms with Crippen molar-refractivity contribution < 1.29 is 167 Å². The van der Waals surface area contributed by atoms with Crippen LogP contribution in [0.3, 0.4) is 0 Å². The Bertz CT molecular complexity index is 213. The first-order valence-corrected chi connectivity index (χ1v) is 12.6. The zero-order valence-electron chi connectivity index (χ0n) is 9.45. The summed E-state index contributed by atoms with van der Waals surface area (Å²) in [4.78, 5) is 0. The molecule has 0 N–H and O–H groups in total. The van der Waals surface area contributed by atoms with Crippen LogP contribution in [0, 0.1) is 0 Å². The van der Waals surface area contributed by atoms with E-state index in [1.54, 1.807) is 0 Å². The summed E-state index contributed by atoms with van der Waals surface area (Å²) in [6, 6.07) is 0. The molecule has 0 aliphatic rings. The van der Waals surface area contributed by atoms with Crippen molar-refractivity contribution in [1.29, 1.82) is 0 Å². The Morgan fingerprint density at radius 3 is 0.364 bits per heavy atom. The van der Waals surface area contributed by atoms with Gasteiger partial charge in [0.1, 0.15) is 0 Å². The second-order valence-electron chi connectivity index (χ2n) is 1.25. The van der Waals surface area contributed by atoms with Crippen LogP contribution in [0.1, 0.15) is 0 Å². The van der Waals surface area contributed by atoms with Crippen LogP contribution < -0.4 is 36.9 Å². The molecule has 0 aromatic heterocycles. The number of hydrogen-bond donors (Lipinski definition) is 0. The van der Waals surface area contributed by atoms with Crippen LogP contribution in [0.15, 0.2) is 0 Å². The van der Waals surface area contributed by atoms with Gasteiger partial charge in [0.15, 0.2) is 0 Å². The minimum atomic E-state index is -4.08. The van der Waals surface area contributed by atoms with Gasteiger partial charge in [-0.05, 0) is 0 Å². The van der Waals surface area contributed by atoms with Gasteiger partial charge in [-0.2, -0.15) is 0 Å². The molecular weight excluding hydrogens is 875 g/mol. The predicted molar refractivity (Wildman–Crippen MR) is 9.19 cm³/mol. The Morgan fingerprint density at radius 2 is 0.364 bits per heavy atom. The van der Waals surface area contributed by atoms with Crippen molar-refractivity contribution in [3.63, 3.8) is 0 Å². The van der Waals surface area contributed by atoms with E-state index in [-0.39, 0.29) is 46.6 Å². The van der Waals surface area contributed by atoms with E-state index in [1.807, 2.05) is 0 Å². The molecular formula is BiO15ReTi5. The van der Waals surface area contributed by atoms with Gasteiger partial charge >= 0.3 is 193 Å². The quantitative estimate of drug-likeness (QED) is 0.204. The fraction of sp³-hybridized carbons (Fsp3) is 0. The monoisotopic (exact) mass is 876 g/mol. The first-order chi connectivity index (χ1) is 8.66. The van der Waals surface area contributed by atoms with Crippen LogP contribution in [0.2, 0.25) is 0 Å². The fourth-order valence-corrected chi connectivity index (χ4v) is 0. The van der Waals surface area contributed by atoms with Crippen LogP contribution in [-0.2, 0) is 130 Å². The summed E-state index contributed by atoms with van der Waals surface area (Å²) < 4.78 is 129. The van der Waals surface area contributed by atoms with Gasteiger partial charge in [0.25, 0.3) is 0 Å². The van der Waals surface area contributed by atoms with E-state index in [0.29, 0.717) is 0 Å². The molecule has 0 saturated carbocycles. The Hall–Kier alpha value is 3.72. The summed E-state index contributed by atoms with van der Waals surface area (Å²) in [6.45, 7) is 0. The standard InChI is InChI=1S/Bi.15O.Re.5Ti/q+3;;;;;;10*-1;+7;;;;;. The van der Waals surface area contributed by atoms with Crippen molar-refractivity contribution in [2.24, 2.45) is 0 Å². The summed E-state index contributed by atoms with van der Waals surface area (Å²) in [5.41, 5.74) is 0. The molecule has 22 heteroatoms. The SMILES string of the molecule is [Bi+3].[O]=[Ti]([O-])[O-].[O]=[Ti]([O-])[O-].[O]=[Ti]([O-])[O-].[O]=[Ti]([O-])[O-].[O]=[Ti]([O-])[O-].[Re+7]. The van der Waals surface area contributed by atoms with Crippen LogP contribution in [-0.4, -0.2) is 26.2 Å². The molecule has 0 aromatic carbocycles. The molecule has 0 aliphatic carbocycles. The van der Waals surface area contributed by atoms with Gasteiger partial charge < -0.3 is 0 Å². The molecule has 0 spiro atoms. The van der Waals surface area contributed by atoms with Gasteiger partial charge in [0.05, 0.1) is 0 Å². The Morgan fingerprint density at radius 1 is 0.364 bits per heavy atom. The molecule has 0 atom stereocenters. The van der Waals surface area contributed by atoms with E-state index >= 15 is 0 Å². The van der Waals surface area contributed by atoms with E-state index in [4.69, 9.17) is 53.5 Å². The third-order valence-corrected chi connectivity index (χ3v) is 0. The molecule has 0 amide bonds. The van der Waals surface area contributed by atoms with Gasteiger partial charge in [0, 0.05) is 0 Å². The molecule has 2 radical (unpaired) electrons. The maximum atomic E-state index is 8.58. The molecule has 0 rings (SSSR count). The second kappa shape index (κ2) is 39.7. The molecule has 0 heterocycles. The normalized spacial score (nSPS) is 5.91. The molecule has 0 aliphatic heterocycles. The van der Waals surface area contributed by atoms with Crippen molar-refractivity contribution in [2.75, 3.05) is 0 Å². The number of rotatable bonds is 0. The molecule has 0 fully saturated rings. The Kier molecular flexibility index (Phi) is 80.9. The van der Waals surface area contributed by atoms with E-state index < -0.39 is 93.1 Å². The summed E-state index contributed by atoms with van der Waals surface area (Å²) >= 11 is -20.4. The molecule has 22 heavy (non-hydrogen) atoms. The molecule has 0 aromatic rings. The maximum absolute atomic E-state index is 8.58. The van der Waals surface area contributed by atoms with Crippen molar-refractivity contribution in [2.45, 2.75) is 0 Å². The minimum Gasteiger partial charge on any atom is 7.00 e. The molecule has 0 saturated heterocycles. The third kappa shape index (κ3) is 886. The number of hydrogen-bond acceptors (Lipinski definition) is 15. The van der Waals surface area contributed by atoms with Crippen LogP contribution in [0.4, 0.5) is 0 Å². The average Bonchev–Trinajstić information content (AvgIpc) is 1.94. The van der Waals surface area contributed by atoms with E-state index in [2.05, 4.69) is 0 Å². The van der Waals surface area contributed by atoms with Crippen molar-refractivity contribution >= 4 is 26.2 Å².